The number of benzene rings is 3. The summed E-state index contributed by atoms with van der Waals surface area (Å²) < 4.78 is 22.3. The molecule has 0 amide bonds. The molecule has 1 aliphatic heterocycles. The summed E-state index contributed by atoms with van der Waals surface area (Å²) in [4.78, 5) is 13.5. The minimum absolute atomic E-state index is 0.240. The van der Waals surface area contributed by atoms with Gasteiger partial charge < -0.3 is 23.8 Å². The van der Waals surface area contributed by atoms with Gasteiger partial charge in [0.2, 0.25) is 6.79 Å². The van der Waals surface area contributed by atoms with Crippen LogP contribution in [0.15, 0.2) is 66.7 Å². The smallest absolute Gasteiger partial charge is 0.308 e. The second-order valence-corrected chi connectivity index (χ2v) is 8.57. The minimum Gasteiger partial charge on any atom is -0.492 e. The minimum atomic E-state index is -0.340. The highest BCUT2D eigenvalue weighted by molar-refractivity contribution is 5.99. The highest BCUT2D eigenvalue weighted by Gasteiger charge is 2.18. The Kier molecular flexibility index (Phi) is 7.73. The molecule has 1 aliphatic rings. The van der Waals surface area contributed by atoms with Crippen molar-refractivity contribution in [1.82, 2.24) is 4.90 Å². The van der Waals surface area contributed by atoms with Crippen LogP contribution in [0.4, 0.5) is 0 Å². The predicted molar refractivity (Wildman–Crippen MR) is 137 cm³/mol. The van der Waals surface area contributed by atoms with Crippen LogP contribution in [-0.4, -0.2) is 44.9 Å². The lowest BCUT2D eigenvalue weighted by Crippen LogP contribution is -2.19. The summed E-state index contributed by atoms with van der Waals surface area (Å²) in [6.07, 6.45) is 0.807. The van der Waals surface area contributed by atoms with E-state index in [0.29, 0.717) is 12.4 Å². The Hall–Kier alpha value is -3.77. The lowest BCUT2D eigenvalue weighted by molar-refractivity contribution is -0.131. The lowest BCUT2D eigenvalue weighted by Gasteiger charge is -2.18. The topological polar surface area (TPSA) is 57.2 Å². The van der Waals surface area contributed by atoms with Gasteiger partial charge in [-0.15, -0.1) is 0 Å². The van der Waals surface area contributed by atoms with Gasteiger partial charge in [-0.1, -0.05) is 37.3 Å². The number of allylic oxidation sites excluding steroid dienone is 1. The van der Waals surface area contributed by atoms with Crippen molar-refractivity contribution in [2.75, 3.05) is 34.0 Å². The third-order valence-corrected chi connectivity index (χ3v) is 5.73. The molecular weight excluding hydrogens is 442 g/mol. The van der Waals surface area contributed by atoms with Crippen molar-refractivity contribution >= 4 is 17.1 Å². The van der Waals surface area contributed by atoms with E-state index in [9.17, 15) is 4.79 Å². The van der Waals surface area contributed by atoms with Gasteiger partial charge in [0, 0.05) is 13.5 Å². The third-order valence-electron chi connectivity index (χ3n) is 5.73. The number of fused-ring (bicyclic) bond motifs is 1. The Morgan fingerprint density at radius 1 is 0.857 bits per heavy atom. The fourth-order valence-electron chi connectivity index (χ4n) is 4.04. The molecule has 0 saturated carbocycles. The van der Waals surface area contributed by atoms with Crippen LogP contribution in [-0.2, 0) is 4.79 Å². The third kappa shape index (κ3) is 6.03. The molecule has 0 fully saturated rings. The largest absolute Gasteiger partial charge is 0.492 e. The summed E-state index contributed by atoms with van der Waals surface area (Å²) in [5.41, 5.74) is 5.43. The maximum absolute atomic E-state index is 11.4. The van der Waals surface area contributed by atoms with Crippen molar-refractivity contribution in [2.24, 2.45) is 0 Å². The molecule has 35 heavy (non-hydrogen) atoms. The number of nitrogens with zero attached hydrogens (tertiary/aromatic N) is 1. The van der Waals surface area contributed by atoms with E-state index in [1.807, 2.05) is 62.6 Å². The lowest BCUT2D eigenvalue weighted by atomic mass is 9.88. The van der Waals surface area contributed by atoms with Gasteiger partial charge >= 0.3 is 5.97 Å². The van der Waals surface area contributed by atoms with Gasteiger partial charge in [-0.05, 0) is 84.8 Å². The molecule has 0 bridgehead atoms. The van der Waals surface area contributed by atoms with E-state index < -0.39 is 0 Å². The first-order valence-corrected chi connectivity index (χ1v) is 11.7. The maximum Gasteiger partial charge on any atom is 0.308 e. The number of hydrogen-bond donors (Lipinski definition) is 0. The van der Waals surface area contributed by atoms with Crippen LogP contribution in [0.1, 0.15) is 37.0 Å². The molecule has 0 aliphatic carbocycles. The SMILES string of the molecule is CC/C(=C(/c1ccc(OCCN(C)C)cc1)c1ccc(OC(C)=O)cc1)c1ccc2c(c1)OCO2. The average Bonchev–Trinajstić information content (AvgIpc) is 3.31. The predicted octanol–water partition coefficient (Wildman–Crippen LogP) is 5.65. The number of likely N-dealkylation sites (N-methyl/N-ethyl adjacent to an activating group) is 1. The van der Waals surface area contributed by atoms with Gasteiger partial charge in [0.1, 0.15) is 18.1 Å². The van der Waals surface area contributed by atoms with E-state index in [1.165, 1.54) is 12.5 Å². The normalized spacial score (nSPS) is 12.9. The van der Waals surface area contributed by atoms with Gasteiger partial charge in [0.25, 0.3) is 0 Å². The monoisotopic (exact) mass is 473 g/mol. The zero-order valence-corrected chi connectivity index (χ0v) is 20.7. The molecule has 0 spiro atoms. The molecular formula is C29H31NO5. The van der Waals surface area contributed by atoms with Crippen LogP contribution in [0.5, 0.6) is 23.0 Å². The molecule has 0 radical (unpaired) electrons. The van der Waals surface area contributed by atoms with Crippen LogP contribution in [0.3, 0.4) is 0 Å². The molecule has 3 aromatic carbocycles. The fourth-order valence-corrected chi connectivity index (χ4v) is 4.04. The van der Waals surface area contributed by atoms with Crippen molar-refractivity contribution in [2.45, 2.75) is 20.3 Å². The van der Waals surface area contributed by atoms with Gasteiger partial charge in [0.05, 0.1) is 0 Å². The average molecular weight is 474 g/mol. The van der Waals surface area contributed by atoms with Crippen molar-refractivity contribution in [3.63, 3.8) is 0 Å². The first-order chi connectivity index (χ1) is 16.9. The molecule has 6 nitrogen and oxygen atoms in total. The Bertz CT molecular complexity index is 1200. The highest BCUT2D eigenvalue weighted by atomic mass is 16.7. The number of carbonyl (C=O) groups is 1. The molecule has 3 aromatic rings. The van der Waals surface area contributed by atoms with E-state index >= 15 is 0 Å². The van der Waals surface area contributed by atoms with Crippen molar-refractivity contribution < 1.29 is 23.7 Å². The maximum atomic E-state index is 11.4. The summed E-state index contributed by atoms with van der Waals surface area (Å²) >= 11 is 0. The van der Waals surface area contributed by atoms with Crippen LogP contribution in [0.25, 0.3) is 11.1 Å². The van der Waals surface area contributed by atoms with Crippen molar-refractivity contribution in [1.29, 1.82) is 0 Å². The van der Waals surface area contributed by atoms with Crippen LogP contribution < -0.4 is 18.9 Å². The number of hydrogen-bond acceptors (Lipinski definition) is 6. The van der Waals surface area contributed by atoms with Gasteiger partial charge in [0.15, 0.2) is 11.5 Å². The number of ether oxygens (including phenoxy) is 4. The molecule has 0 aromatic heterocycles. The molecule has 182 valence electrons. The van der Waals surface area contributed by atoms with E-state index in [-0.39, 0.29) is 12.8 Å². The van der Waals surface area contributed by atoms with E-state index in [4.69, 9.17) is 18.9 Å². The Morgan fingerprint density at radius 3 is 2.06 bits per heavy atom. The standard InChI is InChI=1S/C29H31NO5/c1-5-26(23-10-15-27-28(18-23)34-19-33-27)29(22-8-13-25(14-9-22)35-20(2)31)21-6-11-24(12-7-21)32-17-16-30(3)4/h6-15,18H,5,16-17,19H2,1-4H3/b29-26+. The summed E-state index contributed by atoms with van der Waals surface area (Å²) in [5.74, 6) is 2.53. The summed E-state index contributed by atoms with van der Waals surface area (Å²) in [7, 11) is 4.05. The summed E-state index contributed by atoms with van der Waals surface area (Å²) in [6, 6.07) is 21.9. The van der Waals surface area contributed by atoms with E-state index in [1.54, 1.807) is 0 Å². The quantitative estimate of drug-likeness (QED) is 0.227. The Balaban J connectivity index is 1.75. The molecule has 4 rings (SSSR count). The van der Waals surface area contributed by atoms with Gasteiger partial charge in [-0.3, -0.25) is 4.79 Å². The number of rotatable bonds is 9. The zero-order valence-electron chi connectivity index (χ0n) is 20.7. The molecule has 0 atom stereocenters. The fraction of sp³-hybridized carbons (Fsp3) is 0.276. The molecule has 0 N–H and O–H groups in total. The second-order valence-electron chi connectivity index (χ2n) is 8.57. The molecule has 0 unspecified atom stereocenters. The first kappa shape index (κ1) is 24.4. The highest BCUT2D eigenvalue weighted by Crippen LogP contribution is 2.40. The number of esters is 1. The molecule has 6 heteroatoms. The van der Waals surface area contributed by atoms with Crippen LogP contribution in [0.2, 0.25) is 0 Å². The Morgan fingerprint density at radius 2 is 1.46 bits per heavy atom. The second kappa shape index (κ2) is 11.1. The van der Waals surface area contributed by atoms with E-state index in [2.05, 4.69) is 30.0 Å². The zero-order chi connectivity index (χ0) is 24.8. The van der Waals surface area contributed by atoms with Crippen molar-refractivity contribution in [3.05, 3.63) is 83.4 Å². The molecule has 1 heterocycles. The van der Waals surface area contributed by atoms with Gasteiger partial charge in [-0.25, -0.2) is 0 Å². The molecule has 0 saturated heterocycles. The summed E-state index contributed by atoms with van der Waals surface area (Å²) in [6.45, 7) is 5.27. The number of carbonyl (C=O) groups excluding carboxylic acids is 1. The first-order valence-electron chi connectivity index (χ1n) is 11.7. The van der Waals surface area contributed by atoms with Crippen LogP contribution >= 0.6 is 0 Å². The summed E-state index contributed by atoms with van der Waals surface area (Å²) in [5, 5.41) is 0. The van der Waals surface area contributed by atoms with Crippen molar-refractivity contribution in [3.8, 4) is 23.0 Å². The Labute approximate surface area is 206 Å². The van der Waals surface area contributed by atoms with Crippen LogP contribution in [0, 0.1) is 0 Å². The van der Waals surface area contributed by atoms with E-state index in [0.717, 1.165) is 52.5 Å². The van der Waals surface area contributed by atoms with Gasteiger partial charge in [-0.2, -0.15) is 0 Å².